The highest BCUT2D eigenvalue weighted by molar-refractivity contribution is 7.14. The van der Waals surface area contributed by atoms with E-state index >= 15 is 0 Å². The molecule has 2 aromatic heterocycles. The quantitative estimate of drug-likeness (QED) is 0.909. The van der Waals surface area contributed by atoms with Gasteiger partial charge in [0.15, 0.2) is 4.88 Å². The molecular formula is C11H10O3S2. The summed E-state index contributed by atoms with van der Waals surface area (Å²) >= 11 is 2.83. The number of aryl methyl sites for hydroxylation is 1. The van der Waals surface area contributed by atoms with Crippen molar-refractivity contribution in [2.45, 2.75) is 13.5 Å². The zero-order valence-electron chi connectivity index (χ0n) is 8.60. The Morgan fingerprint density at radius 1 is 1.56 bits per heavy atom. The van der Waals surface area contributed by atoms with Crippen LogP contribution in [-0.4, -0.2) is 11.1 Å². The fourth-order valence-electron chi connectivity index (χ4n) is 1.28. The zero-order chi connectivity index (χ0) is 11.5. The first-order valence-electron chi connectivity index (χ1n) is 4.64. The number of rotatable bonds is 4. The van der Waals surface area contributed by atoms with Crippen molar-refractivity contribution in [3.8, 4) is 5.75 Å². The number of aromatic carboxylic acids is 1. The third kappa shape index (κ3) is 2.43. The molecule has 0 saturated heterocycles. The molecule has 0 amide bonds. The van der Waals surface area contributed by atoms with E-state index in [4.69, 9.17) is 9.84 Å². The number of ether oxygens (including phenoxy) is 1. The summed E-state index contributed by atoms with van der Waals surface area (Å²) in [6.07, 6.45) is 0. The normalized spacial score (nSPS) is 10.3. The summed E-state index contributed by atoms with van der Waals surface area (Å²) in [5.74, 6) is -0.473. The lowest BCUT2D eigenvalue weighted by Gasteiger charge is -2.03. The fourth-order valence-corrected chi connectivity index (χ4v) is 2.73. The van der Waals surface area contributed by atoms with Crippen molar-refractivity contribution in [2.75, 3.05) is 0 Å². The van der Waals surface area contributed by atoms with Crippen molar-refractivity contribution >= 4 is 28.6 Å². The summed E-state index contributed by atoms with van der Waals surface area (Å²) < 4.78 is 5.50. The van der Waals surface area contributed by atoms with Gasteiger partial charge >= 0.3 is 5.97 Å². The average molecular weight is 254 g/mol. The highest BCUT2D eigenvalue weighted by Crippen LogP contribution is 2.29. The summed E-state index contributed by atoms with van der Waals surface area (Å²) in [6, 6.07) is 3.73. The highest BCUT2D eigenvalue weighted by atomic mass is 32.1. The van der Waals surface area contributed by atoms with Gasteiger partial charge in [-0.25, -0.2) is 4.79 Å². The molecule has 0 bridgehead atoms. The summed E-state index contributed by atoms with van der Waals surface area (Å²) in [6.45, 7) is 2.29. The molecule has 0 aliphatic heterocycles. The second kappa shape index (κ2) is 4.67. The number of carboxylic acid groups (broad SMARTS) is 1. The molecule has 0 saturated carbocycles. The molecule has 0 fully saturated rings. The monoisotopic (exact) mass is 254 g/mol. The molecule has 16 heavy (non-hydrogen) atoms. The van der Waals surface area contributed by atoms with E-state index in [0.717, 1.165) is 10.4 Å². The Hall–Kier alpha value is -1.33. The van der Waals surface area contributed by atoms with E-state index in [2.05, 4.69) is 0 Å². The lowest BCUT2D eigenvalue weighted by molar-refractivity contribution is 0.0697. The van der Waals surface area contributed by atoms with Gasteiger partial charge < -0.3 is 9.84 Å². The molecule has 0 aromatic carbocycles. The molecule has 0 aliphatic rings. The molecule has 2 heterocycles. The van der Waals surface area contributed by atoms with E-state index in [1.807, 2.05) is 23.8 Å². The van der Waals surface area contributed by atoms with Crippen LogP contribution >= 0.6 is 22.7 Å². The van der Waals surface area contributed by atoms with Gasteiger partial charge in [0.05, 0.1) is 0 Å². The van der Waals surface area contributed by atoms with E-state index in [-0.39, 0.29) is 4.88 Å². The Morgan fingerprint density at radius 3 is 3.00 bits per heavy atom. The van der Waals surface area contributed by atoms with Crippen molar-refractivity contribution in [3.63, 3.8) is 0 Å². The smallest absolute Gasteiger partial charge is 0.349 e. The molecule has 1 N–H and O–H groups in total. The molecule has 0 atom stereocenters. The maximum absolute atomic E-state index is 10.9. The second-order valence-corrected chi connectivity index (χ2v) is 5.31. The maximum atomic E-state index is 10.9. The van der Waals surface area contributed by atoms with Crippen molar-refractivity contribution in [3.05, 3.63) is 38.2 Å². The molecule has 0 aliphatic carbocycles. The van der Waals surface area contributed by atoms with Gasteiger partial charge in [0.2, 0.25) is 0 Å². The maximum Gasteiger partial charge on any atom is 0.349 e. The Bertz CT molecular complexity index is 485. The number of hydrogen-bond donors (Lipinski definition) is 1. The molecule has 0 spiro atoms. The predicted molar refractivity (Wildman–Crippen MR) is 64.7 cm³/mol. The molecule has 2 rings (SSSR count). The Kier molecular flexibility index (Phi) is 3.26. The van der Waals surface area contributed by atoms with Gasteiger partial charge in [-0.05, 0) is 35.4 Å². The van der Waals surface area contributed by atoms with Gasteiger partial charge in [0, 0.05) is 4.88 Å². The average Bonchev–Trinajstić information content (AvgIpc) is 2.83. The van der Waals surface area contributed by atoms with Crippen LogP contribution < -0.4 is 4.74 Å². The van der Waals surface area contributed by atoms with Gasteiger partial charge in [-0.2, -0.15) is 11.3 Å². The summed E-state index contributed by atoms with van der Waals surface area (Å²) in [7, 11) is 0. The first-order valence-corrected chi connectivity index (χ1v) is 6.40. The number of hydrogen-bond acceptors (Lipinski definition) is 4. The van der Waals surface area contributed by atoms with Crippen LogP contribution in [0.1, 0.15) is 20.1 Å². The first-order chi connectivity index (χ1) is 7.66. The molecule has 0 unspecified atom stereocenters. The van der Waals surface area contributed by atoms with Crippen LogP contribution in [-0.2, 0) is 6.61 Å². The molecule has 2 aromatic rings. The van der Waals surface area contributed by atoms with E-state index in [0.29, 0.717) is 12.4 Å². The highest BCUT2D eigenvalue weighted by Gasteiger charge is 2.15. The van der Waals surface area contributed by atoms with Gasteiger partial charge in [-0.3, -0.25) is 0 Å². The lowest BCUT2D eigenvalue weighted by atomic mass is 10.3. The number of carbonyl (C=O) groups is 1. The van der Waals surface area contributed by atoms with E-state index in [9.17, 15) is 4.79 Å². The summed E-state index contributed by atoms with van der Waals surface area (Å²) in [5.41, 5.74) is 1.06. The second-order valence-electron chi connectivity index (χ2n) is 3.28. The third-order valence-electron chi connectivity index (χ3n) is 1.99. The van der Waals surface area contributed by atoms with Crippen LogP contribution in [0, 0.1) is 6.92 Å². The zero-order valence-corrected chi connectivity index (χ0v) is 10.2. The fraction of sp³-hybridized carbons (Fsp3) is 0.182. The van der Waals surface area contributed by atoms with Crippen LogP contribution in [0.2, 0.25) is 0 Å². The number of carboxylic acids is 1. The minimum absolute atomic E-state index is 0.271. The minimum Gasteiger partial charge on any atom is -0.487 e. The van der Waals surface area contributed by atoms with Gasteiger partial charge in [0.1, 0.15) is 12.4 Å². The molecule has 0 radical (unpaired) electrons. The van der Waals surface area contributed by atoms with Crippen molar-refractivity contribution < 1.29 is 14.6 Å². The summed E-state index contributed by atoms with van der Waals surface area (Å²) in [5, 5.41) is 12.9. The molecule has 3 nitrogen and oxygen atoms in total. The van der Waals surface area contributed by atoms with Crippen LogP contribution in [0.5, 0.6) is 5.75 Å². The molecule has 5 heteroatoms. The van der Waals surface area contributed by atoms with Gasteiger partial charge in [0.25, 0.3) is 0 Å². The van der Waals surface area contributed by atoms with Gasteiger partial charge in [-0.15, -0.1) is 11.3 Å². The molecular weight excluding hydrogens is 244 g/mol. The Balaban J connectivity index is 2.12. The lowest BCUT2D eigenvalue weighted by Crippen LogP contribution is -1.99. The minimum atomic E-state index is -0.932. The Morgan fingerprint density at radius 2 is 2.38 bits per heavy atom. The van der Waals surface area contributed by atoms with Gasteiger partial charge in [-0.1, -0.05) is 0 Å². The summed E-state index contributed by atoms with van der Waals surface area (Å²) in [4.78, 5) is 12.1. The number of thiophene rings is 2. The van der Waals surface area contributed by atoms with Crippen molar-refractivity contribution in [2.24, 2.45) is 0 Å². The largest absolute Gasteiger partial charge is 0.487 e. The van der Waals surface area contributed by atoms with Crippen LogP contribution in [0.15, 0.2) is 22.9 Å². The van der Waals surface area contributed by atoms with E-state index in [1.165, 1.54) is 11.3 Å². The van der Waals surface area contributed by atoms with Crippen LogP contribution in [0.3, 0.4) is 0 Å². The standard InChI is InChI=1S/C11H10O3S2/c1-7-4-9(10(16-7)11(12)13)14-5-8-2-3-15-6-8/h2-4,6H,5H2,1H3,(H,12,13). The topological polar surface area (TPSA) is 46.5 Å². The van der Waals surface area contributed by atoms with Crippen LogP contribution in [0.25, 0.3) is 0 Å². The SMILES string of the molecule is Cc1cc(OCc2ccsc2)c(C(=O)O)s1. The van der Waals surface area contributed by atoms with Crippen molar-refractivity contribution in [1.82, 2.24) is 0 Å². The third-order valence-corrected chi connectivity index (χ3v) is 3.74. The van der Waals surface area contributed by atoms with E-state index in [1.54, 1.807) is 17.4 Å². The van der Waals surface area contributed by atoms with Crippen molar-refractivity contribution in [1.29, 1.82) is 0 Å². The Labute approximate surface area is 101 Å². The predicted octanol–water partition coefficient (Wildman–Crippen LogP) is 3.40. The van der Waals surface area contributed by atoms with Crippen LogP contribution in [0.4, 0.5) is 0 Å². The first kappa shape index (κ1) is 11.2. The van der Waals surface area contributed by atoms with E-state index < -0.39 is 5.97 Å². The molecule has 84 valence electrons.